The van der Waals surface area contributed by atoms with E-state index in [1.54, 1.807) is 23.9 Å². The predicted octanol–water partition coefficient (Wildman–Crippen LogP) is 7.29. The average Bonchev–Trinajstić information content (AvgIpc) is 3.18. The maximum absolute atomic E-state index is 13.2. The van der Waals surface area contributed by atoms with Crippen molar-refractivity contribution in [2.75, 3.05) is 11.5 Å². The molecule has 1 aliphatic heterocycles. The van der Waals surface area contributed by atoms with E-state index in [1.165, 1.54) is 42.0 Å². The average molecular weight is 576 g/mol. The summed E-state index contributed by atoms with van der Waals surface area (Å²) in [5.74, 6) is -2.35. The minimum Gasteiger partial charge on any atom is -0.454 e. The fourth-order valence-electron chi connectivity index (χ4n) is 4.02. The number of halogens is 2. The summed E-state index contributed by atoms with van der Waals surface area (Å²) in [5.41, 5.74) is 2.06. The van der Waals surface area contributed by atoms with E-state index in [0.29, 0.717) is 10.7 Å². The molecule has 1 aliphatic rings. The Morgan fingerprint density at radius 3 is 2.10 bits per heavy atom. The number of nitrogens with zero attached hydrogens (tertiary/aromatic N) is 1. The zero-order valence-electron chi connectivity index (χ0n) is 20.4. The first-order valence-corrected chi connectivity index (χ1v) is 13.3. The van der Waals surface area contributed by atoms with Crippen LogP contribution in [0.25, 0.3) is 0 Å². The van der Waals surface area contributed by atoms with Crippen LogP contribution in [0.15, 0.2) is 94.7 Å². The SMILES string of the molecule is Cc1ccc(Sc2ccc(N3C(=O)c4ccc(C(=O)OCC(=O)c5ccc(Cl)cc5Cl)cc4C3=O)cc2)cc1. The highest BCUT2D eigenvalue weighted by molar-refractivity contribution is 7.99. The van der Waals surface area contributed by atoms with Crippen LogP contribution in [0.3, 0.4) is 0 Å². The minimum absolute atomic E-state index is 0.0385. The van der Waals surface area contributed by atoms with E-state index in [4.69, 9.17) is 27.9 Å². The van der Waals surface area contributed by atoms with Crippen molar-refractivity contribution in [3.05, 3.63) is 123 Å². The van der Waals surface area contributed by atoms with E-state index in [9.17, 15) is 19.2 Å². The molecule has 1 heterocycles. The Bertz CT molecular complexity index is 1630. The summed E-state index contributed by atoms with van der Waals surface area (Å²) in [6, 6.07) is 23.7. The van der Waals surface area contributed by atoms with E-state index in [0.717, 1.165) is 14.7 Å². The molecule has 6 nitrogen and oxygen atoms in total. The van der Waals surface area contributed by atoms with Gasteiger partial charge in [-0.15, -0.1) is 0 Å². The molecule has 9 heteroatoms. The fraction of sp³-hybridized carbons (Fsp3) is 0.0667. The van der Waals surface area contributed by atoms with Crippen LogP contribution in [-0.2, 0) is 4.74 Å². The lowest BCUT2D eigenvalue weighted by molar-refractivity contribution is 0.0474. The smallest absolute Gasteiger partial charge is 0.338 e. The van der Waals surface area contributed by atoms with Crippen molar-refractivity contribution in [2.45, 2.75) is 16.7 Å². The number of benzene rings is 4. The van der Waals surface area contributed by atoms with E-state index in [-0.39, 0.29) is 27.3 Å². The molecule has 0 saturated heterocycles. The van der Waals surface area contributed by atoms with Gasteiger partial charge in [-0.25, -0.2) is 9.69 Å². The third kappa shape index (κ3) is 5.61. The summed E-state index contributed by atoms with van der Waals surface area (Å²) in [4.78, 5) is 54.4. The molecule has 0 aromatic heterocycles. The van der Waals surface area contributed by atoms with Crippen LogP contribution in [0.5, 0.6) is 0 Å². The number of hydrogen-bond donors (Lipinski definition) is 0. The number of ether oxygens (including phenoxy) is 1. The number of anilines is 1. The number of ketones is 1. The Morgan fingerprint density at radius 1 is 0.795 bits per heavy atom. The van der Waals surface area contributed by atoms with Gasteiger partial charge in [-0.3, -0.25) is 14.4 Å². The van der Waals surface area contributed by atoms with Gasteiger partial charge in [0.25, 0.3) is 11.8 Å². The summed E-state index contributed by atoms with van der Waals surface area (Å²) < 4.78 is 5.14. The molecule has 4 aromatic rings. The third-order valence-electron chi connectivity index (χ3n) is 6.04. The Labute approximate surface area is 238 Å². The van der Waals surface area contributed by atoms with Crippen molar-refractivity contribution in [3.8, 4) is 0 Å². The molecule has 4 aromatic carbocycles. The molecule has 0 N–H and O–H groups in total. The first-order valence-electron chi connectivity index (χ1n) is 11.7. The molecular formula is C30H19Cl2NO5S. The van der Waals surface area contributed by atoms with Crippen molar-refractivity contribution in [1.29, 1.82) is 0 Å². The normalized spacial score (nSPS) is 12.4. The molecule has 0 atom stereocenters. The number of esters is 1. The third-order valence-corrected chi connectivity index (χ3v) is 7.60. The molecule has 0 spiro atoms. The lowest BCUT2D eigenvalue weighted by atomic mass is 10.1. The Balaban J connectivity index is 1.28. The highest BCUT2D eigenvalue weighted by atomic mass is 35.5. The molecule has 194 valence electrons. The topological polar surface area (TPSA) is 80.8 Å². The molecule has 0 saturated carbocycles. The first-order chi connectivity index (χ1) is 18.7. The Hall–Kier alpha value is -3.91. The van der Waals surface area contributed by atoms with Crippen LogP contribution in [0, 0.1) is 6.92 Å². The number of imide groups is 1. The molecule has 39 heavy (non-hydrogen) atoms. The zero-order valence-corrected chi connectivity index (χ0v) is 22.8. The first kappa shape index (κ1) is 26.7. The van der Waals surface area contributed by atoms with Crippen molar-refractivity contribution in [3.63, 3.8) is 0 Å². The van der Waals surface area contributed by atoms with E-state index in [2.05, 4.69) is 0 Å². The fourth-order valence-corrected chi connectivity index (χ4v) is 5.35. The predicted molar refractivity (Wildman–Crippen MR) is 150 cm³/mol. The summed E-state index contributed by atoms with van der Waals surface area (Å²) >= 11 is 13.5. The number of carbonyl (C=O) groups excluding carboxylic acids is 4. The lowest BCUT2D eigenvalue weighted by Gasteiger charge is -2.14. The monoisotopic (exact) mass is 575 g/mol. The van der Waals surface area contributed by atoms with Crippen LogP contribution >= 0.6 is 35.0 Å². The quantitative estimate of drug-likeness (QED) is 0.131. The van der Waals surface area contributed by atoms with Gasteiger partial charge >= 0.3 is 5.97 Å². The minimum atomic E-state index is -0.813. The molecule has 2 amide bonds. The molecule has 0 aliphatic carbocycles. The molecule has 0 bridgehead atoms. The zero-order chi connectivity index (χ0) is 27.7. The van der Waals surface area contributed by atoms with Crippen molar-refractivity contribution in [1.82, 2.24) is 0 Å². The van der Waals surface area contributed by atoms with Crippen LogP contribution in [-0.4, -0.2) is 30.2 Å². The van der Waals surface area contributed by atoms with Gasteiger partial charge in [0.15, 0.2) is 6.61 Å². The van der Waals surface area contributed by atoms with Gasteiger partial charge in [-0.1, -0.05) is 52.7 Å². The van der Waals surface area contributed by atoms with Crippen molar-refractivity contribution < 1.29 is 23.9 Å². The van der Waals surface area contributed by atoms with Gasteiger partial charge in [-0.2, -0.15) is 0 Å². The highest BCUT2D eigenvalue weighted by Crippen LogP contribution is 2.33. The van der Waals surface area contributed by atoms with E-state index < -0.39 is 30.2 Å². The lowest BCUT2D eigenvalue weighted by Crippen LogP contribution is -2.29. The maximum atomic E-state index is 13.2. The summed E-state index contributed by atoms with van der Waals surface area (Å²) in [5, 5.41) is 0.518. The second kappa shape index (κ2) is 11.1. The number of Topliss-reactive ketones (excluding diaryl/α,β-unsaturated/α-hetero) is 1. The largest absolute Gasteiger partial charge is 0.454 e. The van der Waals surface area contributed by atoms with Gasteiger partial charge in [0.05, 0.1) is 27.4 Å². The number of hydrogen-bond acceptors (Lipinski definition) is 6. The second-order valence-corrected chi connectivity index (χ2v) is 10.7. The maximum Gasteiger partial charge on any atom is 0.338 e. The second-order valence-electron chi connectivity index (χ2n) is 8.74. The molecule has 5 rings (SSSR count). The van der Waals surface area contributed by atoms with E-state index >= 15 is 0 Å². The summed E-state index contributed by atoms with van der Waals surface area (Å²) in [7, 11) is 0. The Kier molecular flexibility index (Phi) is 7.57. The van der Waals surface area contributed by atoms with Gasteiger partial charge in [0.2, 0.25) is 5.78 Å². The van der Waals surface area contributed by atoms with Gasteiger partial charge in [0, 0.05) is 20.4 Å². The molecule has 0 radical (unpaired) electrons. The van der Waals surface area contributed by atoms with Gasteiger partial charge < -0.3 is 4.74 Å². The molecule has 0 fully saturated rings. The van der Waals surface area contributed by atoms with Crippen molar-refractivity contribution >= 4 is 64.2 Å². The number of aryl methyl sites for hydroxylation is 1. The van der Waals surface area contributed by atoms with E-state index in [1.807, 2.05) is 43.3 Å². The number of amides is 2. The molecule has 0 unspecified atom stereocenters. The van der Waals surface area contributed by atoms with Gasteiger partial charge in [-0.05, 0) is 79.7 Å². The van der Waals surface area contributed by atoms with Crippen LogP contribution < -0.4 is 4.90 Å². The summed E-state index contributed by atoms with van der Waals surface area (Å²) in [6.45, 7) is 1.47. The van der Waals surface area contributed by atoms with Crippen LogP contribution in [0.1, 0.15) is 47.0 Å². The summed E-state index contributed by atoms with van der Waals surface area (Å²) in [6.07, 6.45) is 0. The number of carbonyl (C=O) groups is 4. The van der Waals surface area contributed by atoms with Crippen molar-refractivity contribution in [2.24, 2.45) is 0 Å². The highest BCUT2D eigenvalue weighted by Gasteiger charge is 2.37. The van der Waals surface area contributed by atoms with Crippen LogP contribution in [0.2, 0.25) is 10.0 Å². The van der Waals surface area contributed by atoms with Gasteiger partial charge in [0.1, 0.15) is 0 Å². The van der Waals surface area contributed by atoms with Crippen LogP contribution in [0.4, 0.5) is 5.69 Å². The molecular weight excluding hydrogens is 557 g/mol. The standard InChI is InChI=1S/C30H19Cl2NO5S/c1-17-2-8-21(9-3-17)39-22-10-6-20(7-11-22)33-28(35)23-12-4-18(14-25(23)29(33)36)30(37)38-16-27(34)24-13-5-19(31)15-26(24)32/h2-15H,16H2,1H3. The number of fused-ring (bicyclic) bond motifs is 1. The number of rotatable bonds is 7. The Morgan fingerprint density at radius 2 is 1.44 bits per heavy atom.